The van der Waals surface area contributed by atoms with Gasteiger partial charge in [-0.25, -0.2) is 13.4 Å². The minimum absolute atomic E-state index is 0. The van der Waals surface area contributed by atoms with Crippen LogP contribution in [0.4, 0.5) is 5.69 Å². The van der Waals surface area contributed by atoms with E-state index in [9.17, 15) is 18.0 Å². The van der Waals surface area contributed by atoms with Gasteiger partial charge in [-0.3, -0.25) is 19.6 Å². The predicted molar refractivity (Wildman–Crippen MR) is 170 cm³/mol. The lowest BCUT2D eigenvalue weighted by Gasteiger charge is -2.49. The highest BCUT2D eigenvalue weighted by Crippen LogP contribution is 2.29. The number of fused-ring (bicyclic) bond motifs is 1. The Labute approximate surface area is 268 Å². The lowest BCUT2D eigenvalue weighted by molar-refractivity contribution is -0.175. The smallest absolute Gasteiger partial charge is 0.252 e. The number of ether oxygens (including phenoxy) is 1. The monoisotopic (exact) mass is 662 g/mol. The van der Waals surface area contributed by atoms with Crippen LogP contribution in [0.2, 0.25) is 5.02 Å². The van der Waals surface area contributed by atoms with E-state index in [2.05, 4.69) is 9.88 Å². The molecule has 3 saturated heterocycles. The minimum atomic E-state index is -4.08. The van der Waals surface area contributed by atoms with Crippen LogP contribution in [0.15, 0.2) is 65.8 Å². The molecule has 14 heteroatoms. The normalized spacial score (nSPS) is 20.7. The molecule has 1 aromatic heterocycles. The molecule has 3 fully saturated rings. The van der Waals surface area contributed by atoms with Crippen molar-refractivity contribution in [2.24, 2.45) is 0 Å². The average Bonchev–Trinajstić information content (AvgIpc) is 3.04. The molecule has 2 aromatic carbocycles. The number of rotatable bonds is 6. The Hall–Kier alpha value is -3.00. The summed E-state index contributed by atoms with van der Waals surface area (Å²) < 4.78 is 34.4. The average molecular weight is 664 g/mol. The van der Waals surface area contributed by atoms with Crippen molar-refractivity contribution in [3.63, 3.8) is 0 Å². The number of pyridine rings is 1. The number of hydrogen-bond acceptors (Lipinski definition) is 8. The fourth-order valence-corrected chi connectivity index (χ4v) is 7.83. The lowest BCUT2D eigenvalue weighted by Crippen LogP contribution is -2.68. The van der Waals surface area contributed by atoms with Crippen molar-refractivity contribution in [1.29, 1.82) is 0 Å². The number of amides is 2. The molecule has 236 valence electrons. The third-order valence-corrected chi connectivity index (χ3v) is 10.7. The summed E-state index contributed by atoms with van der Waals surface area (Å²) in [5.74, 6) is -0.696. The Bertz CT molecular complexity index is 1600. The Balaban J connectivity index is 0.00000384. The number of morpholine rings is 1. The maximum absolute atomic E-state index is 14.0. The number of anilines is 1. The molecule has 0 aliphatic carbocycles. The van der Waals surface area contributed by atoms with E-state index in [1.54, 1.807) is 47.6 Å². The van der Waals surface area contributed by atoms with Crippen molar-refractivity contribution in [1.82, 2.24) is 24.2 Å². The minimum Gasteiger partial charge on any atom is -0.378 e. The molecule has 0 radical (unpaired) electrons. The van der Waals surface area contributed by atoms with Gasteiger partial charge in [-0.1, -0.05) is 23.7 Å². The molecule has 3 aliphatic heterocycles. The zero-order chi connectivity index (χ0) is 30.1. The number of hydrazine groups is 1. The number of benzene rings is 2. The number of nitrogens with zero attached hydrogens (tertiary/aromatic N) is 6. The van der Waals surface area contributed by atoms with Gasteiger partial charge in [0.15, 0.2) is 0 Å². The van der Waals surface area contributed by atoms with Crippen molar-refractivity contribution in [2.75, 3.05) is 64.4 Å². The number of sulfonamides is 1. The highest BCUT2D eigenvalue weighted by atomic mass is 35.5. The van der Waals surface area contributed by atoms with Crippen molar-refractivity contribution in [3.05, 3.63) is 65.9 Å². The maximum Gasteiger partial charge on any atom is 0.252 e. The Morgan fingerprint density at radius 1 is 0.977 bits per heavy atom. The summed E-state index contributed by atoms with van der Waals surface area (Å²) in [6, 6.07) is 13.0. The van der Waals surface area contributed by atoms with Gasteiger partial charge >= 0.3 is 0 Å². The number of piperazine rings is 1. The van der Waals surface area contributed by atoms with Crippen molar-refractivity contribution in [3.8, 4) is 0 Å². The van der Waals surface area contributed by atoms with Crippen LogP contribution in [0.3, 0.4) is 0 Å². The third-order valence-electron chi connectivity index (χ3n) is 8.62. The molecule has 2 amide bonds. The maximum atomic E-state index is 14.0. The van der Waals surface area contributed by atoms with E-state index in [4.69, 9.17) is 16.3 Å². The summed E-state index contributed by atoms with van der Waals surface area (Å²) in [6.07, 6.45) is 5.11. The summed E-state index contributed by atoms with van der Waals surface area (Å²) in [7, 11) is -2.24. The lowest BCUT2D eigenvalue weighted by atomic mass is 10.0. The second kappa shape index (κ2) is 13.6. The van der Waals surface area contributed by atoms with E-state index in [1.165, 1.54) is 11.1 Å². The van der Waals surface area contributed by atoms with E-state index in [0.717, 1.165) is 41.3 Å². The molecule has 3 aromatic rings. The van der Waals surface area contributed by atoms with Gasteiger partial charge in [0, 0.05) is 68.9 Å². The Morgan fingerprint density at radius 2 is 1.64 bits per heavy atom. The van der Waals surface area contributed by atoms with Crippen LogP contribution in [0.25, 0.3) is 10.8 Å². The molecule has 0 spiro atoms. The molecule has 0 saturated carbocycles. The molecular weight excluding hydrogens is 627 g/mol. The number of piperidine rings is 1. The molecule has 3 aliphatic rings. The van der Waals surface area contributed by atoms with Crippen LogP contribution in [0.5, 0.6) is 0 Å². The Kier molecular flexibility index (Phi) is 9.98. The molecule has 4 heterocycles. The number of aromatic nitrogens is 1. The molecular formula is C30H36Cl2N6O5S. The molecule has 0 bridgehead atoms. The van der Waals surface area contributed by atoms with Gasteiger partial charge in [0.05, 0.1) is 24.7 Å². The zero-order valence-electron chi connectivity index (χ0n) is 24.4. The second-order valence-electron chi connectivity index (χ2n) is 11.1. The first-order valence-electron chi connectivity index (χ1n) is 14.5. The number of carbonyl (C=O) groups excluding carboxylic acids is 2. The van der Waals surface area contributed by atoms with E-state index >= 15 is 0 Å². The Morgan fingerprint density at radius 3 is 2.34 bits per heavy atom. The SMILES string of the molecule is CN(C1CCN(c2ccncc2)CC1)N1C(=O)CN(S(=O)(=O)c2ccc3cc(Cl)ccc3c2)CC1C(=O)N1CCOCC1.Cl. The van der Waals surface area contributed by atoms with Gasteiger partial charge in [-0.15, -0.1) is 12.4 Å². The third kappa shape index (κ3) is 6.51. The quantitative estimate of drug-likeness (QED) is 0.397. The molecule has 11 nitrogen and oxygen atoms in total. The van der Waals surface area contributed by atoms with Gasteiger partial charge in [-0.05, 0) is 60.0 Å². The van der Waals surface area contributed by atoms with Crippen LogP contribution in [-0.2, 0) is 24.3 Å². The van der Waals surface area contributed by atoms with E-state index in [0.29, 0.717) is 36.7 Å². The van der Waals surface area contributed by atoms with Crippen LogP contribution in [0.1, 0.15) is 12.8 Å². The standard InChI is InChI=1S/C30H35ClN6O5S.ClH/c1-33(25-8-12-34(13-9-25)26-6-10-32-11-7-26)37-28(30(39)35-14-16-42-17-15-35)20-36(21-29(37)38)43(40,41)27-5-3-22-18-24(31)4-2-23(22)19-27;/h2-7,10-11,18-19,25,28H,8-9,12-17,20-21H2,1H3;1H. The van der Waals surface area contributed by atoms with Crippen molar-refractivity contribution < 1.29 is 22.7 Å². The van der Waals surface area contributed by atoms with Gasteiger partial charge in [0.25, 0.3) is 5.91 Å². The van der Waals surface area contributed by atoms with Crippen LogP contribution in [-0.4, -0.2) is 116 Å². The summed E-state index contributed by atoms with van der Waals surface area (Å²) in [4.78, 5) is 35.9. The zero-order valence-corrected chi connectivity index (χ0v) is 26.8. The topological polar surface area (TPSA) is 107 Å². The molecule has 6 rings (SSSR count). The largest absolute Gasteiger partial charge is 0.378 e. The number of halogens is 2. The molecule has 44 heavy (non-hydrogen) atoms. The van der Waals surface area contributed by atoms with Crippen LogP contribution >= 0.6 is 24.0 Å². The van der Waals surface area contributed by atoms with E-state index in [-0.39, 0.29) is 42.3 Å². The first-order valence-corrected chi connectivity index (χ1v) is 16.3. The van der Waals surface area contributed by atoms with Crippen molar-refractivity contribution >= 4 is 62.3 Å². The predicted octanol–water partition coefficient (Wildman–Crippen LogP) is 2.89. The van der Waals surface area contributed by atoms with Crippen LogP contribution < -0.4 is 4.90 Å². The summed E-state index contributed by atoms with van der Waals surface area (Å²) in [5.41, 5.74) is 1.10. The van der Waals surface area contributed by atoms with Gasteiger partial charge in [0.1, 0.15) is 6.04 Å². The fourth-order valence-electron chi connectivity index (χ4n) is 6.22. The van der Waals surface area contributed by atoms with Gasteiger partial charge in [-0.2, -0.15) is 4.31 Å². The van der Waals surface area contributed by atoms with E-state index in [1.807, 2.05) is 24.2 Å². The summed E-state index contributed by atoms with van der Waals surface area (Å²) in [6.45, 7) is 2.68. The number of carbonyl (C=O) groups is 2. The molecule has 1 unspecified atom stereocenters. The first kappa shape index (κ1) is 32.4. The number of hydrogen-bond donors (Lipinski definition) is 0. The van der Waals surface area contributed by atoms with E-state index < -0.39 is 22.0 Å². The van der Waals surface area contributed by atoms with Gasteiger partial charge < -0.3 is 14.5 Å². The highest BCUT2D eigenvalue weighted by molar-refractivity contribution is 7.89. The summed E-state index contributed by atoms with van der Waals surface area (Å²) in [5, 5.41) is 5.47. The molecule has 1 atom stereocenters. The highest BCUT2D eigenvalue weighted by Gasteiger charge is 2.46. The fraction of sp³-hybridized carbons (Fsp3) is 0.433. The molecule has 0 N–H and O–H groups in total. The van der Waals surface area contributed by atoms with Gasteiger partial charge in [0.2, 0.25) is 15.9 Å². The first-order chi connectivity index (χ1) is 20.7. The van der Waals surface area contributed by atoms with Crippen LogP contribution in [0, 0.1) is 0 Å². The summed E-state index contributed by atoms with van der Waals surface area (Å²) >= 11 is 6.11. The second-order valence-corrected chi connectivity index (χ2v) is 13.5. The van der Waals surface area contributed by atoms with Crippen molar-refractivity contribution in [2.45, 2.75) is 29.8 Å².